The second kappa shape index (κ2) is 8.68. The molecule has 1 fully saturated rings. The SMILES string of the molecule is COC(=O)c1coc(CN(C(=O)Nc2c(C(C)C)cccc2C(C)C)C2CC2)n1. The minimum Gasteiger partial charge on any atom is -0.464 e. The minimum absolute atomic E-state index is 0.103. The lowest BCUT2D eigenvalue weighted by Gasteiger charge is -2.25. The number of oxazole rings is 1. The van der Waals surface area contributed by atoms with E-state index in [9.17, 15) is 9.59 Å². The molecular formula is C22H29N3O4. The van der Waals surface area contributed by atoms with E-state index < -0.39 is 5.97 Å². The van der Waals surface area contributed by atoms with Gasteiger partial charge in [0.15, 0.2) is 5.69 Å². The summed E-state index contributed by atoms with van der Waals surface area (Å²) in [7, 11) is 1.29. The number of methoxy groups -OCH3 is 1. The van der Waals surface area contributed by atoms with Gasteiger partial charge in [-0.3, -0.25) is 0 Å². The van der Waals surface area contributed by atoms with Crippen LogP contribution in [0.2, 0.25) is 0 Å². The van der Waals surface area contributed by atoms with Crippen LogP contribution in [0.1, 0.15) is 79.9 Å². The molecule has 0 bridgehead atoms. The van der Waals surface area contributed by atoms with Gasteiger partial charge >= 0.3 is 12.0 Å². The van der Waals surface area contributed by atoms with Crippen molar-refractivity contribution in [2.45, 2.75) is 65.0 Å². The summed E-state index contributed by atoms with van der Waals surface area (Å²) in [6.45, 7) is 8.68. The van der Waals surface area contributed by atoms with Gasteiger partial charge in [-0.2, -0.15) is 0 Å². The highest BCUT2D eigenvalue weighted by atomic mass is 16.5. The summed E-state index contributed by atoms with van der Waals surface area (Å²) in [5.41, 5.74) is 3.22. The maximum Gasteiger partial charge on any atom is 0.360 e. The van der Waals surface area contributed by atoms with Gasteiger partial charge in [0.1, 0.15) is 6.26 Å². The zero-order valence-corrected chi connectivity index (χ0v) is 17.7. The van der Waals surface area contributed by atoms with Crippen molar-refractivity contribution < 1.29 is 18.7 Å². The van der Waals surface area contributed by atoms with Gasteiger partial charge in [0.05, 0.1) is 13.7 Å². The first-order chi connectivity index (χ1) is 13.8. The molecule has 0 saturated heterocycles. The lowest BCUT2D eigenvalue weighted by atomic mass is 9.93. The smallest absolute Gasteiger partial charge is 0.360 e. The Kier molecular flexibility index (Phi) is 6.25. The van der Waals surface area contributed by atoms with E-state index in [1.807, 2.05) is 6.07 Å². The van der Waals surface area contributed by atoms with Gasteiger partial charge in [0.2, 0.25) is 5.89 Å². The molecule has 2 amide bonds. The highest BCUT2D eigenvalue weighted by molar-refractivity contribution is 5.92. The zero-order chi connectivity index (χ0) is 21.1. The van der Waals surface area contributed by atoms with Gasteiger partial charge < -0.3 is 19.4 Å². The molecule has 0 radical (unpaired) electrons. The average molecular weight is 399 g/mol. The minimum atomic E-state index is -0.560. The predicted octanol–water partition coefficient (Wildman–Crippen LogP) is 4.90. The summed E-state index contributed by atoms with van der Waals surface area (Å²) in [6, 6.07) is 6.13. The number of anilines is 1. The van der Waals surface area contributed by atoms with Crippen LogP contribution < -0.4 is 5.32 Å². The van der Waals surface area contributed by atoms with Gasteiger partial charge in [0, 0.05) is 11.7 Å². The average Bonchev–Trinajstić information content (AvgIpc) is 3.42. The lowest BCUT2D eigenvalue weighted by molar-refractivity contribution is 0.0594. The number of benzene rings is 1. The number of hydrogen-bond donors (Lipinski definition) is 1. The van der Waals surface area contributed by atoms with E-state index in [2.05, 4.69) is 54.9 Å². The third kappa shape index (κ3) is 4.78. The molecule has 0 aliphatic heterocycles. The largest absolute Gasteiger partial charge is 0.464 e. The Hall–Kier alpha value is -2.83. The van der Waals surface area contributed by atoms with E-state index in [0.29, 0.717) is 5.89 Å². The molecule has 1 N–H and O–H groups in total. The summed E-state index contributed by atoms with van der Waals surface area (Å²) in [5, 5.41) is 3.15. The molecule has 1 aliphatic rings. The second-order valence-electron chi connectivity index (χ2n) is 8.03. The number of aromatic nitrogens is 1. The van der Waals surface area contributed by atoms with Crippen LogP contribution in [0.3, 0.4) is 0 Å². The number of nitrogens with zero attached hydrogens (tertiary/aromatic N) is 2. The zero-order valence-electron chi connectivity index (χ0n) is 17.7. The molecule has 0 unspecified atom stereocenters. The Morgan fingerprint density at radius 1 is 1.21 bits per heavy atom. The summed E-state index contributed by atoms with van der Waals surface area (Å²) >= 11 is 0. The summed E-state index contributed by atoms with van der Waals surface area (Å²) in [6.07, 6.45) is 3.15. The van der Waals surface area contributed by atoms with Gasteiger partial charge in [-0.1, -0.05) is 45.9 Å². The first kappa shape index (κ1) is 20.9. The lowest BCUT2D eigenvalue weighted by Crippen LogP contribution is -2.37. The van der Waals surface area contributed by atoms with Crippen LogP contribution in [0, 0.1) is 0 Å². The molecule has 0 spiro atoms. The fraction of sp³-hybridized carbons (Fsp3) is 0.500. The van der Waals surface area contributed by atoms with E-state index >= 15 is 0 Å². The molecule has 3 rings (SSSR count). The van der Waals surface area contributed by atoms with E-state index in [1.54, 1.807) is 4.90 Å². The van der Waals surface area contributed by atoms with Crippen LogP contribution in [-0.2, 0) is 11.3 Å². The Morgan fingerprint density at radius 2 is 1.83 bits per heavy atom. The Bertz CT molecular complexity index is 858. The fourth-order valence-electron chi connectivity index (χ4n) is 3.35. The van der Waals surface area contributed by atoms with Crippen molar-refractivity contribution in [1.29, 1.82) is 0 Å². The number of carbonyl (C=O) groups is 2. The maximum atomic E-state index is 13.2. The highest BCUT2D eigenvalue weighted by Crippen LogP contribution is 2.34. The first-order valence-corrected chi connectivity index (χ1v) is 10.0. The Balaban J connectivity index is 1.83. The molecule has 1 aliphatic carbocycles. The summed E-state index contributed by atoms with van der Waals surface area (Å²) in [5.74, 6) is 0.323. The third-order valence-electron chi connectivity index (χ3n) is 5.11. The van der Waals surface area contributed by atoms with Crippen molar-refractivity contribution in [3.63, 3.8) is 0 Å². The molecule has 0 atom stereocenters. The van der Waals surface area contributed by atoms with Crippen LogP contribution in [0.25, 0.3) is 0 Å². The number of para-hydroxylation sites is 1. The van der Waals surface area contributed by atoms with E-state index in [1.165, 1.54) is 13.4 Å². The molecule has 29 heavy (non-hydrogen) atoms. The van der Waals surface area contributed by atoms with Crippen molar-refractivity contribution >= 4 is 17.7 Å². The topological polar surface area (TPSA) is 84.7 Å². The van der Waals surface area contributed by atoms with Gasteiger partial charge in [-0.05, 0) is 35.8 Å². The molecule has 1 saturated carbocycles. The van der Waals surface area contributed by atoms with Crippen LogP contribution in [-0.4, -0.2) is 35.0 Å². The molecule has 1 heterocycles. The van der Waals surface area contributed by atoms with Crippen molar-refractivity contribution in [2.75, 3.05) is 12.4 Å². The van der Waals surface area contributed by atoms with Gasteiger partial charge in [-0.15, -0.1) is 0 Å². The third-order valence-corrected chi connectivity index (χ3v) is 5.11. The molecule has 156 valence electrons. The molecule has 7 heteroatoms. The van der Waals surface area contributed by atoms with Gasteiger partial charge in [-0.25, -0.2) is 14.6 Å². The molecule has 1 aromatic carbocycles. The second-order valence-corrected chi connectivity index (χ2v) is 8.03. The van der Waals surface area contributed by atoms with Crippen LogP contribution in [0.15, 0.2) is 28.9 Å². The molecule has 1 aromatic heterocycles. The monoisotopic (exact) mass is 399 g/mol. The number of amides is 2. The standard InChI is InChI=1S/C22H29N3O4/c1-13(2)16-7-6-8-17(14(3)4)20(16)24-22(27)25(15-9-10-15)11-19-23-18(12-29-19)21(26)28-5/h6-8,12-15H,9-11H2,1-5H3,(H,24,27). The van der Waals surface area contributed by atoms with Crippen LogP contribution >= 0.6 is 0 Å². The van der Waals surface area contributed by atoms with Crippen molar-refractivity contribution in [3.8, 4) is 0 Å². The Morgan fingerprint density at radius 3 is 2.34 bits per heavy atom. The fourth-order valence-corrected chi connectivity index (χ4v) is 3.35. The van der Waals surface area contributed by atoms with E-state index in [0.717, 1.165) is 29.7 Å². The van der Waals surface area contributed by atoms with Crippen molar-refractivity contribution in [2.24, 2.45) is 0 Å². The number of hydrogen-bond acceptors (Lipinski definition) is 5. The first-order valence-electron chi connectivity index (χ1n) is 10.0. The number of carbonyl (C=O) groups excluding carboxylic acids is 2. The molecule has 7 nitrogen and oxygen atoms in total. The molecular weight excluding hydrogens is 370 g/mol. The molecule has 2 aromatic rings. The number of nitrogens with one attached hydrogen (secondary N) is 1. The highest BCUT2D eigenvalue weighted by Gasteiger charge is 2.34. The number of rotatable bonds is 7. The predicted molar refractivity (Wildman–Crippen MR) is 110 cm³/mol. The summed E-state index contributed by atoms with van der Waals surface area (Å²) in [4.78, 5) is 30.7. The number of esters is 1. The van der Waals surface area contributed by atoms with Crippen molar-refractivity contribution in [3.05, 3.63) is 47.2 Å². The number of urea groups is 1. The maximum absolute atomic E-state index is 13.2. The number of ether oxygens (including phenoxy) is 1. The van der Waals surface area contributed by atoms with E-state index in [-0.39, 0.29) is 36.1 Å². The van der Waals surface area contributed by atoms with Crippen LogP contribution in [0.5, 0.6) is 0 Å². The quantitative estimate of drug-likeness (QED) is 0.669. The Labute approximate surface area is 171 Å². The van der Waals surface area contributed by atoms with Crippen molar-refractivity contribution in [1.82, 2.24) is 9.88 Å². The summed E-state index contributed by atoms with van der Waals surface area (Å²) < 4.78 is 10.0. The van der Waals surface area contributed by atoms with Gasteiger partial charge in [0.25, 0.3) is 0 Å². The van der Waals surface area contributed by atoms with E-state index in [4.69, 9.17) is 4.42 Å². The normalized spacial score (nSPS) is 13.6. The van der Waals surface area contributed by atoms with Crippen LogP contribution in [0.4, 0.5) is 10.5 Å².